The zero-order chi connectivity index (χ0) is 13.8. The second-order valence-corrected chi connectivity index (χ2v) is 6.55. The summed E-state index contributed by atoms with van der Waals surface area (Å²) in [5.74, 6) is 0.452. The zero-order valence-corrected chi connectivity index (χ0v) is 14.4. The van der Waals surface area contributed by atoms with Gasteiger partial charge in [-0.3, -0.25) is 4.68 Å². The lowest BCUT2D eigenvalue weighted by molar-refractivity contribution is 0.524. The molecule has 0 fully saturated rings. The average Bonchev–Trinajstić information content (AvgIpc) is 2.84. The Morgan fingerprint density at radius 2 is 2.05 bits per heavy atom. The Kier molecular flexibility index (Phi) is 5.22. The molecule has 1 heterocycles. The van der Waals surface area contributed by atoms with E-state index in [1.54, 1.807) is 0 Å². The van der Waals surface area contributed by atoms with Crippen LogP contribution >= 0.6 is 31.9 Å². The standard InChI is InChI=1S/C15H18Br2N2/c1-11(2)19-7-6-15(18-19)9-13(10-16)12-4-3-5-14(17)8-12/h3-8,11,13H,9-10H2,1-2H3. The van der Waals surface area contributed by atoms with Gasteiger partial charge in [0.05, 0.1) is 5.69 Å². The molecule has 2 rings (SSSR count). The first kappa shape index (κ1) is 14.8. The maximum absolute atomic E-state index is 4.63. The van der Waals surface area contributed by atoms with E-state index >= 15 is 0 Å². The van der Waals surface area contributed by atoms with Crippen LogP contribution in [0.15, 0.2) is 41.0 Å². The van der Waals surface area contributed by atoms with Crippen molar-refractivity contribution in [3.63, 3.8) is 0 Å². The Labute approximate surface area is 131 Å². The Balaban J connectivity index is 2.14. The van der Waals surface area contributed by atoms with Gasteiger partial charge < -0.3 is 0 Å². The quantitative estimate of drug-likeness (QED) is 0.666. The number of hydrogen-bond donors (Lipinski definition) is 0. The zero-order valence-electron chi connectivity index (χ0n) is 11.2. The predicted octanol–water partition coefficient (Wildman–Crippen LogP) is 4.95. The van der Waals surface area contributed by atoms with Crippen LogP contribution in [0.3, 0.4) is 0 Å². The number of hydrogen-bond acceptors (Lipinski definition) is 1. The van der Waals surface area contributed by atoms with Gasteiger partial charge in [0.2, 0.25) is 0 Å². The van der Waals surface area contributed by atoms with Gasteiger partial charge in [-0.15, -0.1) is 0 Å². The van der Waals surface area contributed by atoms with Crippen molar-refractivity contribution in [2.75, 3.05) is 5.33 Å². The van der Waals surface area contributed by atoms with Crippen molar-refractivity contribution in [3.05, 3.63) is 52.3 Å². The second kappa shape index (κ2) is 6.71. The van der Waals surface area contributed by atoms with E-state index in [0.29, 0.717) is 12.0 Å². The van der Waals surface area contributed by atoms with Crippen molar-refractivity contribution in [1.29, 1.82) is 0 Å². The Morgan fingerprint density at radius 1 is 1.26 bits per heavy atom. The summed E-state index contributed by atoms with van der Waals surface area (Å²) in [7, 11) is 0. The summed E-state index contributed by atoms with van der Waals surface area (Å²) in [6, 6.07) is 11.0. The molecule has 1 aromatic heterocycles. The topological polar surface area (TPSA) is 17.8 Å². The molecule has 0 aliphatic rings. The highest BCUT2D eigenvalue weighted by molar-refractivity contribution is 9.10. The monoisotopic (exact) mass is 384 g/mol. The van der Waals surface area contributed by atoms with Crippen LogP contribution in [0.1, 0.15) is 37.1 Å². The van der Waals surface area contributed by atoms with E-state index in [-0.39, 0.29) is 0 Å². The van der Waals surface area contributed by atoms with E-state index in [0.717, 1.165) is 21.9 Å². The van der Waals surface area contributed by atoms with Gasteiger partial charge in [-0.25, -0.2) is 0 Å². The molecule has 0 aliphatic carbocycles. The Morgan fingerprint density at radius 3 is 2.63 bits per heavy atom. The van der Waals surface area contributed by atoms with E-state index in [1.807, 2.05) is 4.68 Å². The molecule has 2 nitrogen and oxygen atoms in total. The van der Waals surface area contributed by atoms with E-state index in [2.05, 4.69) is 87.3 Å². The Hall–Kier alpha value is -0.610. The van der Waals surface area contributed by atoms with Crippen LogP contribution in [0.25, 0.3) is 0 Å². The van der Waals surface area contributed by atoms with Gasteiger partial charge in [-0.2, -0.15) is 5.10 Å². The van der Waals surface area contributed by atoms with Gasteiger partial charge in [0.25, 0.3) is 0 Å². The second-order valence-electron chi connectivity index (χ2n) is 4.99. The fourth-order valence-electron chi connectivity index (χ4n) is 2.05. The van der Waals surface area contributed by atoms with Crippen LogP contribution in [0.5, 0.6) is 0 Å². The van der Waals surface area contributed by atoms with Crippen molar-refractivity contribution in [2.24, 2.45) is 0 Å². The van der Waals surface area contributed by atoms with Crippen LogP contribution in [0.4, 0.5) is 0 Å². The van der Waals surface area contributed by atoms with Gasteiger partial charge in [-0.05, 0) is 49.9 Å². The minimum Gasteiger partial charge on any atom is -0.270 e. The molecule has 0 spiro atoms. The van der Waals surface area contributed by atoms with E-state index in [1.165, 1.54) is 5.56 Å². The number of alkyl halides is 1. The van der Waals surface area contributed by atoms with Crippen LogP contribution in [-0.2, 0) is 6.42 Å². The van der Waals surface area contributed by atoms with Crippen molar-refractivity contribution in [3.8, 4) is 0 Å². The molecule has 0 saturated carbocycles. The lowest BCUT2D eigenvalue weighted by atomic mass is 9.96. The largest absolute Gasteiger partial charge is 0.270 e. The summed E-state index contributed by atoms with van der Waals surface area (Å²) in [6.45, 7) is 4.29. The maximum atomic E-state index is 4.63. The van der Waals surface area contributed by atoms with E-state index in [4.69, 9.17) is 0 Å². The molecule has 0 aliphatic heterocycles. The molecular weight excluding hydrogens is 368 g/mol. The van der Waals surface area contributed by atoms with Gasteiger partial charge >= 0.3 is 0 Å². The van der Waals surface area contributed by atoms with Gasteiger partial charge in [0.1, 0.15) is 0 Å². The number of rotatable bonds is 5. The summed E-state index contributed by atoms with van der Waals surface area (Å²) in [5, 5.41) is 5.57. The number of aromatic nitrogens is 2. The van der Waals surface area contributed by atoms with Crippen LogP contribution in [0.2, 0.25) is 0 Å². The van der Waals surface area contributed by atoms with Crippen molar-refractivity contribution in [2.45, 2.75) is 32.2 Å². The van der Waals surface area contributed by atoms with Crippen molar-refractivity contribution < 1.29 is 0 Å². The predicted molar refractivity (Wildman–Crippen MR) is 87.0 cm³/mol. The SMILES string of the molecule is CC(C)n1ccc(CC(CBr)c2cccc(Br)c2)n1. The third kappa shape index (κ3) is 3.93. The van der Waals surface area contributed by atoms with Crippen LogP contribution < -0.4 is 0 Å². The van der Waals surface area contributed by atoms with Gasteiger partial charge in [-0.1, -0.05) is 44.0 Å². The fraction of sp³-hybridized carbons (Fsp3) is 0.400. The molecule has 1 unspecified atom stereocenters. The van der Waals surface area contributed by atoms with Gasteiger partial charge in [0.15, 0.2) is 0 Å². The number of benzene rings is 1. The summed E-state index contributed by atoms with van der Waals surface area (Å²) in [5.41, 5.74) is 2.49. The minimum atomic E-state index is 0.419. The highest BCUT2D eigenvalue weighted by Gasteiger charge is 2.13. The smallest absolute Gasteiger partial charge is 0.0631 e. The van der Waals surface area contributed by atoms with Crippen molar-refractivity contribution in [1.82, 2.24) is 9.78 Å². The number of nitrogens with zero attached hydrogens (tertiary/aromatic N) is 2. The Bertz CT molecular complexity index is 534. The summed E-state index contributed by atoms with van der Waals surface area (Å²) in [4.78, 5) is 0. The molecule has 102 valence electrons. The summed E-state index contributed by atoms with van der Waals surface area (Å²) in [6.07, 6.45) is 3.02. The lowest BCUT2D eigenvalue weighted by Crippen LogP contribution is -2.07. The van der Waals surface area contributed by atoms with Crippen LogP contribution in [-0.4, -0.2) is 15.1 Å². The summed E-state index contributed by atoms with van der Waals surface area (Å²) >= 11 is 7.15. The van der Waals surface area contributed by atoms with Crippen molar-refractivity contribution >= 4 is 31.9 Å². The molecule has 0 saturated heterocycles. The molecular formula is C15H18Br2N2. The first-order valence-corrected chi connectivity index (χ1v) is 8.37. The fourth-order valence-corrected chi connectivity index (χ4v) is 3.07. The molecule has 0 amide bonds. The molecule has 0 N–H and O–H groups in total. The molecule has 19 heavy (non-hydrogen) atoms. The molecule has 2 aromatic rings. The molecule has 0 radical (unpaired) electrons. The highest BCUT2D eigenvalue weighted by atomic mass is 79.9. The third-order valence-electron chi connectivity index (χ3n) is 3.15. The first-order valence-electron chi connectivity index (χ1n) is 6.45. The molecule has 1 atom stereocenters. The summed E-state index contributed by atoms with van der Waals surface area (Å²) < 4.78 is 3.14. The lowest BCUT2D eigenvalue weighted by Gasteiger charge is -2.13. The first-order chi connectivity index (χ1) is 9.10. The molecule has 1 aromatic carbocycles. The van der Waals surface area contributed by atoms with E-state index < -0.39 is 0 Å². The van der Waals surface area contributed by atoms with E-state index in [9.17, 15) is 0 Å². The molecule has 0 bridgehead atoms. The average molecular weight is 386 g/mol. The normalized spacial score (nSPS) is 12.9. The number of halogens is 2. The minimum absolute atomic E-state index is 0.419. The maximum Gasteiger partial charge on any atom is 0.0631 e. The highest BCUT2D eigenvalue weighted by Crippen LogP contribution is 2.25. The molecule has 4 heteroatoms. The van der Waals surface area contributed by atoms with Crippen LogP contribution in [0, 0.1) is 0 Å². The van der Waals surface area contributed by atoms with Gasteiger partial charge in [0, 0.05) is 22.0 Å². The third-order valence-corrected chi connectivity index (χ3v) is 4.43.